The SMILES string of the molecule is NCC1C2CC(Cc3ccccc3)CC12. The Kier molecular flexibility index (Phi) is 2.28. The van der Waals surface area contributed by atoms with Crippen molar-refractivity contribution >= 4 is 0 Å². The van der Waals surface area contributed by atoms with Crippen LogP contribution in [0.15, 0.2) is 30.3 Å². The zero-order chi connectivity index (χ0) is 10.3. The first-order valence-electron chi connectivity index (χ1n) is 6.12. The highest BCUT2D eigenvalue weighted by Crippen LogP contribution is 2.59. The molecule has 0 spiro atoms. The van der Waals surface area contributed by atoms with Crippen molar-refractivity contribution in [3.05, 3.63) is 35.9 Å². The molecule has 0 heterocycles. The van der Waals surface area contributed by atoms with E-state index < -0.39 is 0 Å². The normalized spacial score (nSPS) is 37.7. The van der Waals surface area contributed by atoms with Crippen molar-refractivity contribution in [2.75, 3.05) is 6.54 Å². The second-order valence-electron chi connectivity index (χ2n) is 5.25. The van der Waals surface area contributed by atoms with Gasteiger partial charge >= 0.3 is 0 Å². The maximum Gasteiger partial charge on any atom is -0.00433 e. The monoisotopic (exact) mass is 201 g/mol. The van der Waals surface area contributed by atoms with E-state index in [1.807, 2.05) is 0 Å². The van der Waals surface area contributed by atoms with Crippen molar-refractivity contribution in [3.8, 4) is 0 Å². The molecular weight excluding hydrogens is 182 g/mol. The van der Waals surface area contributed by atoms with Crippen LogP contribution in [-0.2, 0) is 6.42 Å². The highest BCUT2D eigenvalue weighted by molar-refractivity contribution is 5.16. The van der Waals surface area contributed by atoms with Gasteiger partial charge in [-0.3, -0.25) is 0 Å². The third-order valence-electron chi connectivity index (χ3n) is 4.36. The third-order valence-corrected chi connectivity index (χ3v) is 4.36. The minimum atomic E-state index is 0.886. The number of rotatable bonds is 3. The Morgan fingerprint density at radius 3 is 2.33 bits per heavy atom. The Bertz CT molecular complexity index is 320. The summed E-state index contributed by atoms with van der Waals surface area (Å²) < 4.78 is 0. The summed E-state index contributed by atoms with van der Waals surface area (Å²) in [6.45, 7) is 0.924. The molecule has 2 aliphatic carbocycles. The molecule has 2 fully saturated rings. The first kappa shape index (κ1) is 9.41. The van der Waals surface area contributed by atoms with Gasteiger partial charge in [0, 0.05) is 0 Å². The van der Waals surface area contributed by atoms with Crippen LogP contribution in [0.25, 0.3) is 0 Å². The molecule has 1 nitrogen and oxygen atoms in total. The first-order valence-corrected chi connectivity index (χ1v) is 6.12. The zero-order valence-electron chi connectivity index (χ0n) is 9.10. The molecule has 1 aromatic carbocycles. The van der Waals surface area contributed by atoms with E-state index in [1.54, 1.807) is 0 Å². The van der Waals surface area contributed by atoms with Crippen molar-refractivity contribution in [2.45, 2.75) is 19.3 Å². The van der Waals surface area contributed by atoms with Crippen LogP contribution in [0, 0.1) is 23.7 Å². The van der Waals surface area contributed by atoms with Crippen LogP contribution >= 0.6 is 0 Å². The quantitative estimate of drug-likeness (QED) is 0.798. The lowest BCUT2D eigenvalue weighted by Crippen LogP contribution is -2.10. The van der Waals surface area contributed by atoms with Gasteiger partial charge in [-0.05, 0) is 55.0 Å². The van der Waals surface area contributed by atoms with Crippen LogP contribution in [-0.4, -0.2) is 6.54 Å². The van der Waals surface area contributed by atoms with Gasteiger partial charge in [0.05, 0.1) is 0 Å². The molecule has 2 aliphatic rings. The lowest BCUT2D eigenvalue weighted by Gasteiger charge is -2.13. The third kappa shape index (κ3) is 1.69. The van der Waals surface area contributed by atoms with Crippen LogP contribution < -0.4 is 5.73 Å². The molecule has 0 amide bonds. The van der Waals surface area contributed by atoms with Gasteiger partial charge in [0.15, 0.2) is 0 Å². The topological polar surface area (TPSA) is 26.0 Å². The number of hydrogen-bond donors (Lipinski definition) is 1. The molecule has 0 saturated heterocycles. The molecule has 0 aromatic heterocycles. The molecule has 80 valence electrons. The molecule has 1 aromatic rings. The van der Waals surface area contributed by atoms with Crippen molar-refractivity contribution in [3.63, 3.8) is 0 Å². The predicted molar refractivity (Wildman–Crippen MR) is 62.4 cm³/mol. The van der Waals surface area contributed by atoms with E-state index in [1.165, 1.54) is 24.8 Å². The Balaban J connectivity index is 1.56. The van der Waals surface area contributed by atoms with Gasteiger partial charge in [-0.15, -0.1) is 0 Å². The molecule has 1 heteroatoms. The number of benzene rings is 1. The van der Waals surface area contributed by atoms with Crippen LogP contribution in [0.2, 0.25) is 0 Å². The summed E-state index contributed by atoms with van der Waals surface area (Å²) >= 11 is 0. The molecule has 0 radical (unpaired) electrons. The molecule has 3 rings (SSSR count). The van der Waals surface area contributed by atoms with E-state index in [0.29, 0.717) is 0 Å². The van der Waals surface area contributed by atoms with Crippen LogP contribution in [0.1, 0.15) is 18.4 Å². The number of hydrogen-bond acceptors (Lipinski definition) is 1. The Labute approximate surface area is 91.7 Å². The van der Waals surface area contributed by atoms with E-state index in [-0.39, 0.29) is 0 Å². The standard InChI is InChI=1S/C14H19N/c15-9-14-12-7-11(8-13(12)14)6-10-4-2-1-3-5-10/h1-5,11-14H,6-9,15H2. The largest absolute Gasteiger partial charge is 0.330 e. The maximum absolute atomic E-state index is 5.72. The van der Waals surface area contributed by atoms with Crippen molar-refractivity contribution in [2.24, 2.45) is 29.4 Å². The Morgan fingerprint density at radius 2 is 1.73 bits per heavy atom. The lowest BCUT2D eigenvalue weighted by molar-refractivity contribution is 0.440. The highest BCUT2D eigenvalue weighted by atomic mass is 14.7. The van der Waals surface area contributed by atoms with Gasteiger partial charge in [-0.1, -0.05) is 30.3 Å². The average molecular weight is 201 g/mol. The second-order valence-corrected chi connectivity index (χ2v) is 5.25. The molecular formula is C14H19N. The summed E-state index contributed by atoms with van der Waals surface area (Å²) in [6.07, 6.45) is 4.15. The first-order chi connectivity index (χ1) is 7.38. The van der Waals surface area contributed by atoms with Gasteiger partial charge in [-0.2, -0.15) is 0 Å². The molecule has 2 atom stereocenters. The van der Waals surface area contributed by atoms with Gasteiger partial charge in [0.1, 0.15) is 0 Å². The maximum atomic E-state index is 5.72. The predicted octanol–water partition coefficient (Wildman–Crippen LogP) is 2.46. The summed E-state index contributed by atoms with van der Waals surface area (Å²) in [5.74, 6) is 3.80. The van der Waals surface area contributed by atoms with Gasteiger partial charge < -0.3 is 5.73 Å². The Morgan fingerprint density at radius 1 is 1.07 bits per heavy atom. The second kappa shape index (κ2) is 3.64. The fourth-order valence-corrected chi connectivity index (χ4v) is 3.55. The molecule has 2 unspecified atom stereocenters. The number of nitrogens with two attached hydrogens (primary N) is 1. The molecule has 0 aliphatic heterocycles. The van der Waals surface area contributed by atoms with E-state index >= 15 is 0 Å². The summed E-state index contributed by atoms with van der Waals surface area (Å²) in [5.41, 5.74) is 7.23. The van der Waals surface area contributed by atoms with Crippen molar-refractivity contribution in [1.82, 2.24) is 0 Å². The fraction of sp³-hybridized carbons (Fsp3) is 0.571. The van der Waals surface area contributed by atoms with E-state index in [4.69, 9.17) is 5.73 Å². The summed E-state index contributed by atoms with van der Waals surface area (Å²) in [5, 5.41) is 0. The zero-order valence-corrected chi connectivity index (χ0v) is 9.10. The lowest BCUT2D eigenvalue weighted by atomic mass is 9.93. The summed E-state index contributed by atoms with van der Waals surface area (Å²) in [6, 6.07) is 10.9. The Hall–Kier alpha value is -0.820. The molecule has 0 bridgehead atoms. The van der Waals surface area contributed by atoms with Crippen LogP contribution in [0.4, 0.5) is 0 Å². The van der Waals surface area contributed by atoms with Crippen molar-refractivity contribution < 1.29 is 0 Å². The highest BCUT2D eigenvalue weighted by Gasteiger charge is 2.54. The van der Waals surface area contributed by atoms with E-state index in [2.05, 4.69) is 30.3 Å². The smallest absolute Gasteiger partial charge is 0.00433 e. The molecule has 2 N–H and O–H groups in total. The van der Waals surface area contributed by atoms with Crippen LogP contribution in [0.3, 0.4) is 0 Å². The minimum absolute atomic E-state index is 0.886. The average Bonchev–Trinajstić information content (AvgIpc) is 2.75. The van der Waals surface area contributed by atoms with E-state index in [0.717, 1.165) is 30.2 Å². The van der Waals surface area contributed by atoms with E-state index in [9.17, 15) is 0 Å². The molecule has 2 saturated carbocycles. The van der Waals surface area contributed by atoms with Gasteiger partial charge in [-0.25, -0.2) is 0 Å². The van der Waals surface area contributed by atoms with Crippen molar-refractivity contribution in [1.29, 1.82) is 0 Å². The summed E-state index contributed by atoms with van der Waals surface area (Å²) in [7, 11) is 0. The van der Waals surface area contributed by atoms with Crippen LogP contribution in [0.5, 0.6) is 0 Å². The number of fused-ring (bicyclic) bond motifs is 1. The fourth-order valence-electron chi connectivity index (χ4n) is 3.55. The summed E-state index contributed by atoms with van der Waals surface area (Å²) in [4.78, 5) is 0. The van der Waals surface area contributed by atoms with Gasteiger partial charge in [0.25, 0.3) is 0 Å². The molecule has 15 heavy (non-hydrogen) atoms. The van der Waals surface area contributed by atoms with Gasteiger partial charge in [0.2, 0.25) is 0 Å². The minimum Gasteiger partial charge on any atom is -0.330 e.